The standard InChI is InChI=1S/C11H19NO3/c13-7-6-12(8-2-1-3-8)10-5-4-9(10)11(14)15/h8-10,13H,1-7H2,(H,14,15). The second kappa shape index (κ2) is 4.49. The zero-order valence-corrected chi connectivity index (χ0v) is 8.93. The number of aliphatic hydroxyl groups is 1. The molecule has 4 nitrogen and oxygen atoms in total. The van der Waals surface area contributed by atoms with Crippen LogP contribution in [0.4, 0.5) is 0 Å². The van der Waals surface area contributed by atoms with Crippen LogP contribution in [0.15, 0.2) is 0 Å². The van der Waals surface area contributed by atoms with E-state index in [1.807, 2.05) is 0 Å². The maximum atomic E-state index is 10.9. The monoisotopic (exact) mass is 213 g/mol. The van der Waals surface area contributed by atoms with Crippen molar-refractivity contribution in [2.75, 3.05) is 13.2 Å². The molecule has 4 heteroatoms. The van der Waals surface area contributed by atoms with E-state index in [4.69, 9.17) is 10.2 Å². The highest BCUT2D eigenvalue weighted by molar-refractivity contribution is 5.72. The lowest BCUT2D eigenvalue weighted by Crippen LogP contribution is -2.56. The van der Waals surface area contributed by atoms with Crippen LogP contribution >= 0.6 is 0 Å². The first kappa shape index (κ1) is 10.9. The molecule has 2 fully saturated rings. The number of rotatable bonds is 5. The largest absolute Gasteiger partial charge is 0.481 e. The third-order valence-electron chi connectivity index (χ3n) is 3.88. The Morgan fingerprint density at radius 1 is 1.27 bits per heavy atom. The summed E-state index contributed by atoms with van der Waals surface area (Å²) >= 11 is 0. The molecule has 2 atom stereocenters. The van der Waals surface area contributed by atoms with Crippen molar-refractivity contribution >= 4 is 5.97 Å². The van der Waals surface area contributed by atoms with Gasteiger partial charge in [-0.2, -0.15) is 0 Å². The Morgan fingerprint density at radius 3 is 2.33 bits per heavy atom. The van der Waals surface area contributed by atoms with Crippen molar-refractivity contribution in [2.24, 2.45) is 5.92 Å². The minimum Gasteiger partial charge on any atom is -0.481 e. The van der Waals surface area contributed by atoms with Crippen molar-refractivity contribution in [1.82, 2.24) is 4.90 Å². The van der Waals surface area contributed by atoms with E-state index in [9.17, 15) is 4.79 Å². The lowest BCUT2D eigenvalue weighted by Gasteiger charge is -2.48. The highest BCUT2D eigenvalue weighted by Crippen LogP contribution is 2.37. The number of carboxylic acids is 1. The molecule has 0 amide bonds. The molecule has 0 aromatic carbocycles. The fraction of sp³-hybridized carbons (Fsp3) is 0.909. The number of aliphatic carboxylic acids is 1. The molecular formula is C11H19NO3. The minimum absolute atomic E-state index is 0.138. The first-order valence-corrected chi connectivity index (χ1v) is 5.83. The predicted molar refractivity (Wildman–Crippen MR) is 55.6 cm³/mol. The summed E-state index contributed by atoms with van der Waals surface area (Å²) in [6.07, 6.45) is 5.37. The highest BCUT2D eigenvalue weighted by Gasteiger charge is 2.43. The molecule has 2 N–H and O–H groups in total. The van der Waals surface area contributed by atoms with Gasteiger partial charge in [0.25, 0.3) is 0 Å². The zero-order valence-electron chi connectivity index (χ0n) is 8.93. The van der Waals surface area contributed by atoms with Crippen LogP contribution in [0.5, 0.6) is 0 Å². The van der Waals surface area contributed by atoms with Gasteiger partial charge >= 0.3 is 5.97 Å². The van der Waals surface area contributed by atoms with E-state index >= 15 is 0 Å². The van der Waals surface area contributed by atoms with Gasteiger partial charge in [0.2, 0.25) is 0 Å². The van der Waals surface area contributed by atoms with E-state index in [1.165, 1.54) is 19.3 Å². The van der Waals surface area contributed by atoms with E-state index in [0.717, 1.165) is 12.8 Å². The number of carboxylic acid groups (broad SMARTS) is 1. The Bertz CT molecular complexity index is 240. The van der Waals surface area contributed by atoms with E-state index in [-0.39, 0.29) is 18.6 Å². The second-order valence-corrected chi connectivity index (χ2v) is 4.64. The van der Waals surface area contributed by atoms with E-state index < -0.39 is 5.97 Å². The van der Waals surface area contributed by atoms with Crippen molar-refractivity contribution in [3.63, 3.8) is 0 Å². The van der Waals surface area contributed by atoms with Gasteiger partial charge in [-0.05, 0) is 25.7 Å². The second-order valence-electron chi connectivity index (χ2n) is 4.64. The van der Waals surface area contributed by atoms with Gasteiger partial charge in [0, 0.05) is 18.6 Å². The first-order valence-electron chi connectivity index (χ1n) is 5.83. The SMILES string of the molecule is O=C(O)C1CCC1N(CCO)C1CCC1. The van der Waals surface area contributed by atoms with Gasteiger partial charge in [0.15, 0.2) is 0 Å². The molecule has 86 valence electrons. The van der Waals surface area contributed by atoms with Crippen LogP contribution in [0.2, 0.25) is 0 Å². The fourth-order valence-corrected chi connectivity index (χ4v) is 2.62. The summed E-state index contributed by atoms with van der Waals surface area (Å²) < 4.78 is 0. The average molecular weight is 213 g/mol. The normalized spacial score (nSPS) is 31.1. The Balaban J connectivity index is 1.94. The van der Waals surface area contributed by atoms with Crippen LogP contribution in [0, 0.1) is 5.92 Å². The highest BCUT2D eigenvalue weighted by atomic mass is 16.4. The summed E-state index contributed by atoms with van der Waals surface area (Å²) in [4.78, 5) is 13.2. The molecule has 0 aliphatic heterocycles. The van der Waals surface area contributed by atoms with Crippen LogP contribution in [0.1, 0.15) is 32.1 Å². The molecule has 0 radical (unpaired) electrons. The molecule has 2 aliphatic rings. The summed E-state index contributed by atoms with van der Waals surface area (Å²) in [5.41, 5.74) is 0. The third kappa shape index (κ3) is 2.01. The average Bonchev–Trinajstić information content (AvgIpc) is 1.97. The van der Waals surface area contributed by atoms with Crippen LogP contribution in [-0.2, 0) is 4.79 Å². The molecule has 2 unspecified atom stereocenters. The van der Waals surface area contributed by atoms with Crippen LogP contribution in [0.25, 0.3) is 0 Å². The van der Waals surface area contributed by atoms with Crippen LogP contribution in [0.3, 0.4) is 0 Å². The molecule has 0 aromatic heterocycles. The lowest BCUT2D eigenvalue weighted by atomic mass is 9.76. The topological polar surface area (TPSA) is 60.8 Å². The summed E-state index contributed by atoms with van der Waals surface area (Å²) in [5.74, 6) is -0.870. The fourth-order valence-electron chi connectivity index (χ4n) is 2.62. The summed E-state index contributed by atoms with van der Waals surface area (Å²) in [5, 5.41) is 18.0. The molecule has 0 bridgehead atoms. The van der Waals surface area contributed by atoms with Crippen LogP contribution < -0.4 is 0 Å². The minimum atomic E-state index is -0.673. The Kier molecular flexibility index (Phi) is 3.26. The number of carbonyl (C=O) groups is 1. The molecule has 15 heavy (non-hydrogen) atoms. The van der Waals surface area contributed by atoms with Crippen molar-refractivity contribution in [1.29, 1.82) is 0 Å². The summed E-state index contributed by atoms with van der Waals surface area (Å²) in [6.45, 7) is 0.776. The molecule has 0 heterocycles. The smallest absolute Gasteiger partial charge is 0.308 e. The molecule has 0 saturated heterocycles. The van der Waals surface area contributed by atoms with Gasteiger partial charge in [0.1, 0.15) is 0 Å². The number of nitrogens with zero attached hydrogens (tertiary/aromatic N) is 1. The molecule has 2 aliphatic carbocycles. The summed E-state index contributed by atoms with van der Waals surface area (Å²) in [6, 6.07) is 0.712. The third-order valence-corrected chi connectivity index (χ3v) is 3.88. The van der Waals surface area contributed by atoms with E-state index in [2.05, 4.69) is 4.90 Å². The van der Waals surface area contributed by atoms with E-state index in [1.54, 1.807) is 0 Å². The zero-order chi connectivity index (χ0) is 10.8. The van der Waals surface area contributed by atoms with Gasteiger partial charge in [0.05, 0.1) is 12.5 Å². The van der Waals surface area contributed by atoms with E-state index in [0.29, 0.717) is 12.6 Å². The van der Waals surface area contributed by atoms with Gasteiger partial charge in [-0.15, -0.1) is 0 Å². The van der Waals surface area contributed by atoms with Crippen molar-refractivity contribution < 1.29 is 15.0 Å². The first-order chi connectivity index (χ1) is 7.24. The van der Waals surface area contributed by atoms with Crippen LogP contribution in [-0.4, -0.2) is 46.3 Å². The summed E-state index contributed by atoms with van der Waals surface area (Å²) in [7, 11) is 0. The van der Waals surface area contributed by atoms with Gasteiger partial charge in [-0.1, -0.05) is 6.42 Å². The number of hydrogen-bond donors (Lipinski definition) is 2. The van der Waals surface area contributed by atoms with Crippen molar-refractivity contribution in [2.45, 2.75) is 44.2 Å². The van der Waals surface area contributed by atoms with Gasteiger partial charge in [-0.3, -0.25) is 9.69 Å². The maximum absolute atomic E-state index is 10.9. The van der Waals surface area contributed by atoms with Crippen molar-refractivity contribution in [3.8, 4) is 0 Å². The molecule has 0 spiro atoms. The van der Waals surface area contributed by atoms with Gasteiger partial charge < -0.3 is 10.2 Å². The Labute approximate surface area is 89.9 Å². The molecule has 2 saturated carbocycles. The predicted octanol–water partition coefficient (Wildman–Crippen LogP) is 0.696. The molecule has 2 rings (SSSR count). The Morgan fingerprint density at radius 2 is 2.00 bits per heavy atom. The lowest BCUT2D eigenvalue weighted by molar-refractivity contribution is -0.150. The number of aliphatic hydroxyl groups excluding tert-OH is 1. The van der Waals surface area contributed by atoms with Crippen molar-refractivity contribution in [3.05, 3.63) is 0 Å². The number of hydrogen-bond acceptors (Lipinski definition) is 3. The molecule has 0 aromatic rings. The maximum Gasteiger partial charge on any atom is 0.308 e. The Hall–Kier alpha value is -0.610. The molecular weight excluding hydrogens is 194 g/mol. The quantitative estimate of drug-likeness (QED) is 0.705. The van der Waals surface area contributed by atoms with Gasteiger partial charge in [-0.25, -0.2) is 0 Å².